The number of piperazine rings is 1. The van der Waals surface area contributed by atoms with Crippen molar-refractivity contribution < 1.29 is 4.39 Å². The van der Waals surface area contributed by atoms with Gasteiger partial charge in [0.15, 0.2) is 5.43 Å². The number of aromatic nitrogens is 1. The topological polar surface area (TPSA) is 28.5 Å². The zero-order chi connectivity index (χ0) is 20.7. The molecule has 1 aromatic carbocycles. The summed E-state index contributed by atoms with van der Waals surface area (Å²) < 4.78 is 17.6. The molecule has 28 heavy (non-hydrogen) atoms. The summed E-state index contributed by atoms with van der Waals surface area (Å²) in [5.41, 5.74) is 3.26. The molecule has 0 atom stereocenters. The standard InChI is InChI=1S/C23H34FN3O/c1-14(2)18-13-27(16(5)6)21-17(23(18)28)12-19(24)22(20(21)15(3)4)26-10-8-25(7)9-11-26/h12-16H,8-11H2,1-7H3. The first-order valence-electron chi connectivity index (χ1n) is 10.5. The molecule has 5 heteroatoms. The van der Waals surface area contributed by atoms with Gasteiger partial charge in [0.2, 0.25) is 0 Å². The maximum Gasteiger partial charge on any atom is 0.192 e. The minimum absolute atomic E-state index is 0.0346. The Morgan fingerprint density at radius 3 is 2.07 bits per heavy atom. The summed E-state index contributed by atoms with van der Waals surface area (Å²) in [6, 6.07) is 1.67. The zero-order valence-electron chi connectivity index (χ0n) is 18.3. The number of benzene rings is 1. The Morgan fingerprint density at radius 2 is 1.57 bits per heavy atom. The summed E-state index contributed by atoms with van der Waals surface area (Å²) in [5, 5.41) is 0.513. The van der Waals surface area contributed by atoms with Gasteiger partial charge in [-0.2, -0.15) is 0 Å². The number of hydrogen-bond acceptors (Lipinski definition) is 3. The molecule has 0 bridgehead atoms. The Labute approximate surface area is 167 Å². The third-order valence-corrected chi connectivity index (χ3v) is 5.88. The molecule has 1 aliphatic rings. The van der Waals surface area contributed by atoms with E-state index >= 15 is 4.39 Å². The Balaban J connectivity index is 2.40. The molecule has 0 unspecified atom stereocenters. The number of halogens is 1. The van der Waals surface area contributed by atoms with Crippen LogP contribution in [0.5, 0.6) is 0 Å². The maximum atomic E-state index is 15.5. The first-order valence-corrected chi connectivity index (χ1v) is 10.5. The lowest BCUT2D eigenvalue weighted by molar-refractivity contribution is 0.311. The molecule has 0 aliphatic carbocycles. The van der Waals surface area contributed by atoms with Crippen LogP contribution >= 0.6 is 0 Å². The van der Waals surface area contributed by atoms with Crippen LogP contribution in [0.2, 0.25) is 0 Å². The Hall–Kier alpha value is -1.88. The van der Waals surface area contributed by atoms with Crippen molar-refractivity contribution in [2.24, 2.45) is 0 Å². The van der Waals surface area contributed by atoms with Crippen LogP contribution in [0.15, 0.2) is 17.1 Å². The van der Waals surface area contributed by atoms with E-state index in [1.54, 1.807) is 0 Å². The van der Waals surface area contributed by atoms with Gasteiger partial charge in [0.25, 0.3) is 0 Å². The van der Waals surface area contributed by atoms with E-state index in [4.69, 9.17) is 0 Å². The van der Waals surface area contributed by atoms with Gasteiger partial charge in [-0.3, -0.25) is 4.79 Å². The van der Waals surface area contributed by atoms with Crippen molar-refractivity contribution >= 4 is 16.6 Å². The SMILES string of the molecule is CC(C)c1cn(C(C)C)c2c(C(C)C)c(N3CCN(C)CC3)c(F)cc2c1=O. The first-order chi connectivity index (χ1) is 13.1. The van der Waals surface area contributed by atoms with E-state index in [1.165, 1.54) is 6.07 Å². The predicted octanol–water partition coefficient (Wildman–Crippen LogP) is 4.72. The van der Waals surface area contributed by atoms with Crippen molar-refractivity contribution in [3.05, 3.63) is 39.4 Å². The predicted molar refractivity (Wildman–Crippen MR) is 116 cm³/mol. The van der Waals surface area contributed by atoms with Crippen LogP contribution < -0.4 is 10.3 Å². The second-order valence-corrected chi connectivity index (χ2v) is 9.03. The number of rotatable bonds is 4. The molecule has 1 saturated heterocycles. The van der Waals surface area contributed by atoms with E-state index in [9.17, 15) is 4.79 Å². The number of hydrogen-bond donors (Lipinski definition) is 0. The normalized spacial score (nSPS) is 16.2. The van der Waals surface area contributed by atoms with Crippen LogP contribution in [0.25, 0.3) is 10.9 Å². The molecule has 0 spiro atoms. The molecule has 0 saturated carbocycles. The maximum absolute atomic E-state index is 15.5. The number of likely N-dealkylation sites (N-methyl/N-ethyl adjacent to an activating group) is 1. The van der Waals surface area contributed by atoms with Gasteiger partial charge in [0, 0.05) is 54.9 Å². The van der Waals surface area contributed by atoms with Gasteiger partial charge in [-0.1, -0.05) is 27.7 Å². The van der Waals surface area contributed by atoms with Crippen LogP contribution in [0, 0.1) is 5.82 Å². The second-order valence-electron chi connectivity index (χ2n) is 9.03. The highest BCUT2D eigenvalue weighted by Gasteiger charge is 2.27. The van der Waals surface area contributed by atoms with E-state index in [0.717, 1.165) is 42.8 Å². The molecule has 154 valence electrons. The molecule has 2 heterocycles. The lowest BCUT2D eigenvalue weighted by atomic mass is 9.93. The van der Waals surface area contributed by atoms with Crippen molar-refractivity contribution in [3.63, 3.8) is 0 Å². The van der Waals surface area contributed by atoms with Crippen molar-refractivity contribution in [1.29, 1.82) is 0 Å². The van der Waals surface area contributed by atoms with Crippen molar-refractivity contribution in [1.82, 2.24) is 9.47 Å². The average molecular weight is 388 g/mol. The second kappa shape index (κ2) is 7.86. The van der Waals surface area contributed by atoms with Crippen LogP contribution in [0.3, 0.4) is 0 Å². The summed E-state index contributed by atoms with van der Waals surface area (Å²) in [6.07, 6.45) is 2.00. The minimum Gasteiger partial charge on any atom is -0.366 e. The quantitative estimate of drug-likeness (QED) is 0.760. The molecule has 1 aromatic heterocycles. The molecule has 4 nitrogen and oxygen atoms in total. The average Bonchev–Trinajstić information content (AvgIpc) is 2.61. The lowest BCUT2D eigenvalue weighted by Gasteiger charge is -2.36. The molecular formula is C23H34FN3O. The van der Waals surface area contributed by atoms with Crippen LogP contribution in [-0.2, 0) is 0 Å². The monoisotopic (exact) mass is 387 g/mol. The number of pyridine rings is 1. The fourth-order valence-corrected chi connectivity index (χ4v) is 4.25. The largest absolute Gasteiger partial charge is 0.366 e. The van der Waals surface area contributed by atoms with Gasteiger partial charge in [-0.25, -0.2) is 4.39 Å². The molecule has 0 radical (unpaired) electrons. The highest BCUT2D eigenvalue weighted by Crippen LogP contribution is 2.38. The van der Waals surface area contributed by atoms with Crippen LogP contribution in [-0.4, -0.2) is 42.7 Å². The first kappa shape index (κ1) is 20.8. The third-order valence-electron chi connectivity index (χ3n) is 5.88. The molecule has 3 rings (SSSR count). The van der Waals surface area contributed by atoms with Gasteiger partial charge >= 0.3 is 0 Å². The number of fused-ring (bicyclic) bond motifs is 1. The van der Waals surface area contributed by atoms with Crippen LogP contribution in [0.1, 0.15) is 70.5 Å². The van der Waals surface area contributed by atoms with Gasteiger partial charge < -0.3 is 14.4 Å². The van der Waals surface area contributed by atoms with Gasteiger partial charge in [0.05, 0.1) is 11.2 Å². The molecule has 2 aromatic rings. The highest BCUT2D eigenvalue weighted by molar-refractivity contribution is 5.89. The van der Waals surface area contributed by atoms with Crippen molar-refractivity contribution in [3.8, 4) is 0 Å². The number of nitrogens with zero attached hydrogens (tertiary/aromatic N) is 3. The van der Waals surface area contributed by atoms with Gasteiger partial charge in [0.1, 0.15) is 5.82 Å². The minimum atomic E-state index is -0.269. The summed E-state index contributed by atoms with van der Waals surface area (Å²) in [4.78, 5) is 17.6. The van der Waals surface area contributed by atoms with Crippen LogP contribution in [0.4, 0.5) is 10.1 Å². The Morgan fingerprint density at radius 1 is 0.964 bits per heavy atom. The zero-order valence-corrected chi connectivity index (χ0v) is 18.3. The van der Waals surface area contributed by atoms with Crippen molar-refractivity contribution in [2.45, 2.75) is 59.4 Å². The lowest BCUT2D eigenvalue weighted by Crippen LogP contribution is -2.45. The third kappa shape index (κ3) is 3.57. The Bertz CT molecular complexity index is 922. The summed E-state index contributed by atoms with van der Waals surface area (Å²) in [5.74, 6) is -0.0546. The van der Waals surface area contributed by atoms with E-state index < -0.39 is 0 Å². The fourth-order valence-electron chi connectivity index (χ4n) is 4.25. The van der Waals surface area contributed by atoms with E-state index in [2.05, 4.69) is 49.1 Å². The smallest absolute Gasteiger partial charge is 0.192 e. The highest BCUT2D eigenvalue weighted by atomic mass is 19.1. The Kier molecular flexibility index (Phi) is 5.85. The van der Waals surface area contributed by atoms with Gasteiger partial charge in [-0.05, 0) is 38.8 Å². The van der Waals surface area contributed by atoms with E-state index in [-0.39, 0.29) is 29.1 Å². The summed E-state index contributed by atoms with van der Waals surface area (Å²) in [6.45, 7) is 15.9. The summed E-state index contributed by atoms with van der Waals surface area (Å²) >= 11 is 0. The summed E-state index contributed by atoms with van der Waals surface area (Å²) in [7, 11) is 2.10. The molecule has 1 fully saturated rings. The number of anilines is 1. The molecule has 0 N–H and O–H groups in total. The van der Waals surface area contributed by atoms with Gasteiger partial charge in [-0.15, -0.1) is 0 Å². The van der Waals surface area contributed by atoms with Crippen molar-refractivity contribution in [2.75, 3.05) is 38.1 Å². The molecule has 1 aliphatic heterocycles. The molecular weight excluding hydrogens is 353 g/mol. The molecule has 0 amide bonds. The fraction of sp³-hybridized carbons (Fsp3) is 0.609. The van der Waals surface area contributed by atoms with E-state index in [1.807, 2.05) is 20.0 Å². The van der Waals surface area contributed by atoms with E-state index in [0.29, 0.717) is 11.1 Å².